The zero-order valence-electron chi connectivity index (χ0n) is 11.3. The third-order valence-corrected chi connectivity index (χ3v) is 3.17. The number of hydrogen-bond acceptors (Lipinski definition) is 4. The molecule has 5 heteroatoms. The van der Waals surface area contributed by atoms with E-state index in [0.717, 1.165) is 16.9 Å². The van der Waals surface area contributed by atoms with E-state index < -0.39 is 0 Å². The second-order valence-electron chi connectivity index (χ2n) is 4.42. The number of para-hydroxylation sites is 1. The molecule has 2 rings (SSSR count). The lowest BCUT2D eigenvalue weighted by Crippen LogP contribution is -2.22. The van der Waals surface area contributed by atoms with Crippen molar-refractivity contribution >= 4 is 17.3 Å². The first-order valence-corrected chi connectivity index (χ1v) is 5.99. The molecule has 0 fully saturated rings. The number of benzene rings is 1. The number of aryl methyl sites for hydroxylation is 1. The summed E-state index contributed by atoms with van der Waals surface area (Å²) < 4.78 is 0. The van der Waals surface area contributed by atoms with Crippen LogP contribution in [0.3, 0.4) is 0 Å². The highest BCUT2D eigenvalue weighted by atomic mass is 15.3. The van der Waals surface area contributed by atoms with Crippen molar-refractivity contribution in [2.45, 2.75) is 13.8 Å². The average molecular weight is 255 g/mol. The minimum atomic E-state index is 0.00767. The summed E-state index contributed by atoms with van der Waals surface area (Å²) in [7, 11) is 1.89. The first-order chi connectivity index (χ1) is 9.02. The normalized spacial score (nSPS) is 10.3. The van der Waals surface area contributed by atoms with Crippen LogP contribution in [0.1, 0.15) is 16.8 Å². The van der Waals surface area contributed by atoms with E-state index in [2.05, 4.69) is 10.2 Å². The van der Waals surface area contributed by atoms with Crippen LogP contribution in [0.25, 0.3) is 0 Å². The van der Waals surface area contributed by atoms with Gasteiger partial charge in [0, 0.05) is 12.7 Å². The van der Waals surface area contributed by atoms with Gasteiger partial charge in [-0.1, -0.05) is 18.2 Å². The van der Waals surface area contributed by atoms with Crippen LogP contribution in [0.5, 0.6) is 0 Å². The van der Waals surface area contributed by atoms with Crippen molar-refractivity contribution in [3.8, 4) is 0 Å². The van der Waals surface area contributed by atoms with Gasteiger partial charge in [0.1, 0.15) is 5.84 Å². The minimum Gasteiger partial charge on any atom is -0.384 e. The van der Waals surface area contributed by atoms with Gasteiger partial charge >= 0.3 is 0 Å². The molecule has 98 valence electrons. The highest BCUT2D eigenvalue weighted by molar-refractivity contribution is 6.01. The molecule has 3 N–H and O–H groups in total. The summed E-state index contributed by atoms with van der Waals surface area (Å²) >= 11 is 0. The van der Waals surface area contributed by atoms with Crippen LogP contribution < -0.4 is 10.6 Å². The fourth-order valence-corrected chi connectivity index (χ4v) is 1.93. The Morgan fingerprint density at radius 1 is 1.16 bits per heavy atom. The Bertz CT molecular complexity index is 607. The predicted molar refractivity (Wildman–Crippen MR) is 77.0 cm³/mol. The van der Waals surface area contributed by atoms with Crippen LogP contribution in [0.2, 0.25) is 0 Å². The van der Waals surface area contributed by atoms with Gasteiger partial charge in [0.05, 0.1) is 11.3 Å². The van der Waals surface area contributed by atoms with Gasteiger partial charge in [-0.2, -0.15) is 5.10 Å². The van der Waals surface area contributed by atoms with E-state index in [-0.39, 0.29) is 5.84 Å². The fourth-order valence-electron chi connectivity index (χ4n) is 1.93. The van der Waals surface area contributed by atoms with Crippen molar-refractivity contribution in [1.82, 2.24) is 10.2 Å². The number of amidine groups is 1. The van der Waals surface area contributed by atoms with E-state index in [1.54, 1.807) is 0 Å². The lowest BCUT2D eigenvalue weighted by atomic mass is 10.1. The molecular formula is C14H17N5. The molecule has 0 aliphatic heterocycles. The number of nitrogen functional groups attached to an aromatic ring is 1. The number of aromatic nitrogens is 2. The first-order valence-electron chi connectivity index (χ1n) is 5.99. The SMILES string of the molecule is Cc1nnc(N(C)c2ccccc2)c(C(=N)N)c1C. The summed E-state index contributed by atoms with van der Waals surface area (Å²) in [5.74, 6) is 0.607. The average Bonchev–Trinajstić information content (AvgIpc) is 2.41. The summed E-state index contributed by atoms with van der Waals surface area (Å²) in [5, 5.41) is 16.1. The van der Waals surface area contributed by atoms with Gasteiger partial charge in [0.25, 0.3) is 0 Å². The predicted octanol–water partition coefficient (Wildman–Crippen LogP) is 2.15. The summed E-state index contributed by atoms with van der Waals surface area (Å²) in [6.07, 6.45) is 0. The topological polar surface area (TPSA) is 78.9 Å². The van der Waals surface area contributed by atoms with Crippen LogP contribution in [-0.4, -0.2) is 23.1 Å². The van der Waals surface area contributed by atoms with Crippen molar-refractivity contribution < 1.29 is 0 Å². The van der Waals surface area contributed by atoms with E-state index in [1.807, 2.05) is 56.1 Å². The number of nitrogens with zero attached hydrogens (tertiary/aromatic N) is 3. The maximum absolute atomic E-state index is 7.75. The molecule has 2 aromatic rings. The second-order valence-corrected chi connectivity index (χ2v) is 4.42. The molecule has 0 saturated heterocycles. The number of nitrogens with one attached hydrogen (secondary N) is 1. The largest absolute Gasteiger partial charge is 0.384 e. The fraction of sp³-hybridized carbons (Fsp3) is 0.214. The monoisotopic (exact) mass is 255 g/mol. The molecule has 19 heavy (non-hydrogen) atoms. The third-order valence-electron chi connectivity index (χ3n) is 3.17. The van der Waals surface area contributed by atoms with Gasteiger partial charge in [-0.25, -0.2) is 0 Å². The summed E-state index contributed by atoms with van der Waals surface area (Å²) in [5.41, 5.74) is 8.98. The van der Waals surface area contributed by atoms with E-state index >= 15 is 0 Å². The van der Waals surface area contributed by atoms with Gasteiger partial charge in [-0.05, 0) is 31.5 Å². The lowest BCUT2D eigenvalue weighted by molar-refractivity contribution is 0.930. The number of anilines is 2. The summed E-state index contributed by atoms with van der Waals surface area (Å²) in [6, 6.07) is 9.80. The molecule has 5 nitrogen and oxygen atoms in total. The standard InChI is InChI=1S/C14H17N5/c1-9-10(2)17-18-14(12(9)13(15)16)19(3)11-7-5-4-6-8-11/h4-8H,1-3H3,(H3,15,16). The Morgan fingerprint density at radius 2 is 1.79 bits per heavy atom. The molecule has 0 bridgehead atoms. The molecule has 1 aromatic carbocycles. The Hall–Kier alpha value is -2.43. The van der Waals surface area contributed by atoms with Crippen molar-refractivity contribution in [3.05, 3.63) is 47.2 Å². The maximum atomic E-state index is 7.75. The molecule has 0 amide bonds. The quantitative estimate of drug-likeness (QED) is 0.650. The molecule has 0 aliphatic rings. The molecule has 0 atom stereocenters. The number of nitrogens with two attached hydrogens (primary N) is 1. The molecule has 1 heterocycles. The number of rotatable bonds is 3. The lowest BCUT2D eigenvalue weighted by Gasteiger charge is -2.21. The summed E-state index contributed by atoms with van der Waals surface area (Å²) in [4.78, 5) is 1.89. The van der Waals surface area contributed by atoms with E-state index in [0.29, 0.717) is 11.4 Å². The van der Waals surface area contributed by atoms with Crippen LogP contribution in [-0.2, 0) is 0 Å². The smallest absolute Gasteiger partial charge is 0.166 e. The van der Waals surface area contributed by atoms with Gasteiger partial charge in [0.15, 0.2) is 5.82 Å². The van der Waals surface area contributed by atoms with Gasteiger partial charge in [-0.3, -0.25) is 5.41 Å². The zero-order chi connectivity index (χ0) is 14.0. The van der Waals surface area contributed by atoms with Gasteiger partial charge < -0.3 is 10.6 Å². The molecule has 0 aliphatic carbocycles. The number of hydrogen-bond donors (Lipinski definition) is 2. The van der Waals surface area contributed by atoms with Crippen molar-refractivity contribution in [2.24, 2.45) is 5.73 Å². The third kappa shape index (κ3) is 2.40. The highest BCUT2D eigenvalue weighted by Gasteiger charge is 2.17. The van der Waals surface area contributed by atoms with E-state index in [4.69, 9.17) is 11.1 Å². The van der Waals surface area contributed by atoms with Crippen LogP contribution in [0.15, 0.2) is 30.3 Å². The molecule has 0 unspecified atom stereocenters. The Labute approximate surface area is 112 Å². The molecule has 0 saturated carbocycles. The maximum Gasteiger partial charge on any atom is 0.166 e. The molecule has 0 spiro atoms. The highest BCUT2D eigenvalue weighted by Crippen LogP contribution is 2.26. The molecular weight excluding hydrogens is 238 g/mol. The van der Waals surface area contributed by atoms with E-state index in [9.17, 15) is 0 Å². The Balaban J connectivity index is 2.57. The van der Waals surface area contributed by atoms with Crippen LogP contribution in [0.4, 0.5) is 11.5 Å². The Morgan fingerprint density at radius 3 is 2.37 bits per heavy atom. The van der Waals surface area contributed by atoms with Gasteiger partial charge in [-0.15, -0.1) is 5.10 Å². The second kappa shape index (κ2) is 5.06. The van der Waals surface area contributed by atoms with Crippen LogP contribution in [0, 0.1) is 19.3 Å². The minimum absolute atomic E-state index is 0.00767. The molecule has 0 radical (unpaired) electrons. The Kier molecular flexibility index (Phi) is 3.46. The van der Waals surface area contributed by atoms with Crippen molar-refractivity contribution in [3.63, 3.8) is 0 Å². The zero-order valence-corrected chi connectivity index (χ0v) is 11.3. The summed E-state index contributed by atoms with van der Waals surface area (Å²) in [6.45, 7) is 3.77. The van der Waals surface area contributed by atoms with Crippen molar-refractivity contribution in [1.29, 1.82) is 5.41 Å². The van der Waals surface area contributed by atoms with E-state index in [1.165, 1.54) is 0 Å². The van der Waals surface area contributed by atoms with Crippen LogP contribution >= 0.6 is 0 Å². The van der Waals surface area contributed by atoms with Crippen molar-refractivity contribution in [2.75, 3.05) is 11.9 Å². The van der Waals surface area contributed by atoms with Gasteiger partial charge in [0.2, 0.25) is 0 Å². The molecule has 1 aromatic heterocycles. The first kappa shape index (κ1) is 13.0.